The van der Waals surface area contributed by atoms with Crippen LogP contribution in [0.2, 0.25) is 5.02 Å². The number of carbonyl (C=O) groups excluding carboxylic acids is 2. The van der Waals surface area contributed by atoms with E-state index in [2.05, 4.69) is 5.32 Å². The lowest BCUT2D eigenvalue weighted by Crippen LogP contribution is -2.47. The van der Waals surface area contributed by atoms with Gasteiger partial charge in [0.2, 0.25) is 5.78 Å². The zero-order valence-corrected chi connectivity index (χ0v) is 10.9. The van der Waals surface area contributed by atoms with E-state index in [0.717, 1.165) is 0 Å². The van der Waals surface area contributed by atoms with Crippen LogP contribution in [-0.2, 0) is 10.5 Å². The Morgan fingerprint density at radius 2 is 1.75 bits per heavy atom. The zero-order chi connectivity index (χ0) is 14.3. The highest BCUT2D eigenvalue weighted by atomic mass is 35.5. The molecule has 3 rings (SSSR count). The van der Waals surface area contributed by atoms with E-state index in [4.69, 9.17) is 11.6 Å². The summed E-state index contributed by atoms with van der Waals surface area (Å²) >= 11 is 5.83. The van der Waals surface area contributed by atoms with Crippen molar-refractivity contribution in [2.24, 2.45) is 0 Å². The summed E-state index contributed by atoms with van der Waals surface area (Å²) in [6.45, 7) is 0. The highest BCUT2D eigenvalue weighted by Crippen LogP contribution is 2.38. The summed E-state index contributed by atoms with van der Waals surface area (Å²) in [6, 6.07) is 12.0. The second-order valence-corrected chi connectivity index (χ2v) is 4.93. The molecule has 0 aromatic heterocycles. The first kappa shape index (κ1) is 12.8. The molecule has 0 aliphatic carbocycles. The van der Waals surface area contributed by atoms with Crippen LogP contribution in [0.1, 0.15) is 15.9 Å². The normalized spacial score (nSPS) is 21.3. The van der Waals surface area contributed by atoms with Gasteiger partial charge in [-0.2, -0.15) is 0 Å². The van der Waals surface area contributed by atoms with Gasteiger partial charge in [0, 0.05) is 16.1 Å². The molecule has 0 bridgehead atoms. The third kappa shape index (κ3) is 1.72. The first-order valence-corrected chi connectivity index (χ1v) is 6.31. The molecule has 0 radical (unpaired) electrons. The van der Waals surface area contributed by atoms with Crippen molar-refractivity contribution < 1.29 is 14.0 Å². The number of nitrogens with one attached hydrogen (secondary N) is 1. The summed E-state index contributed by atoms with van der Waals surface area (Å²) in [7, 11) is 0. The van der Waals surface area contributed by atoms with E-state index in [-0.39, 0.29) is 16.8 Å². The summed E-state index contributed by atoms with van der Waals surface area (Å²) in [5.74, 6) is -1.88. The van der Waals surface area contributed by atoms with Crippen molar-refractivity contribution in [1.29, 1.82) is 0 Å². The van der Waals surface area contributed by atoms with E-state index in [0.29, 0.717) is 5.02 Å². The molecule has 3 nitrogen and oxygen atoms in total. The Hall–Kier alpha value is -2.20. The Morgan fingerprint density at radius 1 is 1.05 bits per heavy atom. The summed E-state index contributed by atoms with van der Waals surface area (Å²) in [5, 5.41) is 2.72. The maximum Gasteiger partial charge on any atom is 0.275 e. The van der Waals surface area contributed by atoms with Crippen LogP contribution in [-0.4, -0.2) is 11.7 Å². The Balaban J connectivity index is 2.20. The van der Waals surface area contributed by atoms with Gasteiger partial charge in [-0.05, 0) is 18.2 Å². The lowest BCUT2D eigenvalue weighted by atomic mass is 9.83. The number of anilines is 1. The number of Topliss-reactive ketones (excluding diaryl/α,β-unsaturated/α-hetero) is 1. The number of benzene rings is 2. The molecule has 1 aliphatic rings. The summed E-state index contributed by atoms with van der Waals surface area (Å²) in [5.41, 5.74) is -2.37. The van der Waals surface area contributed by atoms with Gasteiger partial charge in [-0.15, -0.1) is 0 Å². The predicted molar refractivity (Wildman–Crippen MR) is 73.6 cm³/mol. The lowest BCUT2D eigenvalue weighted by Gasteiger charge is -2.29. The topological polar surface area (TPSA) is 46.2 Å². The highest BCUT2D eigenvalue weighted by molar-refractivity contribution is 6.32. The van der Waals surface area contributed by atoms with Gasteiger partial charge >= 0.3 is 0 Å². The second-order valence-electron chi connectivity index (χ2n) is 4.50. The van der Waals surface area contributed by atoms with Crippen molar-refractivity contribution in [1.82, 2.24) is 0 Å². The minimum atomic E-state index is -2.72. The maximum absolute atomic E-state index is 15.1. The van der Waals surface area contributed by atoms with E-state index < -0.39 is 17.4 Å². The molecule has 0 spiro atoms. The molecule has 20 heavy (non-hydrogen) atoms. The van der Waals surface area contributed by atoms with Gasteiger partial charge < -0.3 is 5.32 Å². The molecule has 0 unspecified atom stereocenters. The van der Waals surface area contributed by atoms with Crippen LogP contribution in [0.4, 0.5) is 10.1 Å². The fraction of sp³-hybridized carbons (Fsp3) is 0.0667. The number of fused-ring (bicyclic) bond motifs is 1. The van der Waals surface area contributed by atoms with E-state index in [1.807, 2.05) is 0 Å². The molecular weight excluding hydrogens is 281 g/mol. The number of rotatable bonds is 1. The van der Waals surface area contributed by atoms with Crippen LogP contribution < -0.4 is 5.32 Å². The number of amides is 1. The number of carbonyl (C=O) groups is 2. The molecule has 2 aromatic carbocycles. The fourth-order valence-electron chi connectivity index (χ4n) is 2.24. The molecule has 1 amide bonds. The standard InChI is InChI=1S/C15H9ClFNO2/c16-10-6-7-12-11(8-10)13(19)15(17,14(20)18-12)9-4-2-1-3-5-9/h1-8H,(H,18,20)/t15-/m1/s1. The minimum absolute atomic E-state index is 0.00752. The Bertz CT molecular complexity index is 717. The number of hydrogen-bond acceptors (Lipinski definition) is 2. The molecular formula is C15H9ClFNO2. The van der Waals surface area contributed by atoms with E-state index in [9.17, 15) is 9.59 Å². The Kier molecular flexibility index (Phi) is 2.83. The molecule has 1 aliphatic heterocycles. The molecule has 2 aromatic rings. The third-order valence-corrected chi connectivity index (χ3v) is 3.51. The van der Waals surface area contributed by atoms with Crippen molar-refractivity contribution >= 4 is 29.0 Å². The van der Waals surface area contributed by atoms with Crippen molar-refractivity contribution in [3.63, 3.8) is 0 Å². The highest BCUT2D eigenvalue weighted by Gasteiger charge is 2.52. The van der Waals surface area contributed by atoms with Crippen molar-refractivity contribution in [2.45, 2.75) is 5.67 Å². The number of halogens is 2. The van der Waals surface area contributed by atoms with Crippen LogP contribution >= 0.6 is 11.6 Å². The lowest BCUT2D eigenvalue weighted by molar-refractivity contribution is -0.125. The van der Waals surface area contributed by atoms with Gasteiger partial charge in [-0.3, -0.25) is 9.59 Å². The minimum Gasteiger partial charge on any atom is -0.322 e. The first-order chi connectivity index (χ1) is 9.53. The van der Waals surface area contributed by atoms with Gasteiger partial charge in [0.05, 0.1) is 5.69 Å². The Labute approximate surface area is 119 Å². The largest absolute Gasteiger partial charge is 0.322 e. The average molecular weight is 290 g/mol. The van der Waals surface area contributed by atoms with Crippen LogP contribution in [0.5, 0.6) is 0 Å². The van der Waals surface area contributed by atoms with Gasteiger partial charge in [0.25, 0.3) is 11.6 Å². The maximum atomic E-state index is 15.1. The van der Waals surface area contributed by atoms with E-state index in [1.54, 1.807) is 18.2 Å². The number of hydrogen-bond donors (Lipinski definition) is 1. The Morgan fingerprint density at radius 3 is 2.45 bits per heavy atom. The monoisotopic (exact) mass is 289 g/mol. The van der Waals surface area contributed by atoms with Gasteiger partial charge in [-0.1, -0.05) is 41.9 Å². The van der Waals surface area contributed by atoms with Gasteiger partial charge in [-0.25, -0.2) is 4.39 Å². The molecule has 0 saturated carbocycles. The third-order valence-electron chi connectivity index (χ3n) is 3.27. The van der Waals surface area contributed by atoms with Crippen LogP contribution in [0.25, 0.3) is 0 Å². The molecule has 1 atom stereocenters. The zero-order valence-electron chi connectivity index (χ0n) is 10.2. The van der Waals surface area contributed by atoms with Gasteiger partial charge in [0.1, 0.15) is 0 Å². The molecule has 1 N–H and O–H groups in total. The van der Waals surface area contributed by atoms with Crippen LogP contribution in [0.15, 0.2) is 48.5 Å². The predicted octanol–water partition coefficient (Wildman–Crippen LogP) is 3.34. The average Bonchev–Trinajstić information content (AvgIpc) is 2.47. The van der Waals surface area contributed by atoms with Crippen molar-refractivity contribution in [3.8, 4) is 0 Å². The fourth-order valence-corrected chi connectivity index (χ4v) is 2.41. The van der Waals surface area contributed by atoms with Crippen LogP contribution in [0, 0.1) is 0 Å². The molecule has 0 fully saturated rings. The molecule has 0 saturated heterocycles. The molecule has 100 valence electrons. The smallest absolute Gasteiger partial charge is 0.275 e. The van der Waals surface area contributed by atoms with E-state index >= 15 is 4.39 Å². The summed E-state index contributed by atoms with van der Waals surface area (Å²) in [4.78, 5) is 24.4. The number of alkyl halides is 1. The van der Waals surface area contributed by atoms with Gasteiger partial charge in [0.15, 0.2) is 0 Å². The van der Waals surface area contributed by atoms with Crippen molar-refractivity contribution in [2.75, 3.05) is 5.32 Å². The van der Waals surface area contributed by atoms with Crippen LogP contribution in [0.3, 0.4) is 0 Å². The molecule has 1 heterocycles. The van der Waals surface area contributed by atoms with Crippen molar-refractivity contribution in [3.05, 3.63) is 64.7 Å². The SMILES string of the molecule is O=C1Nc2ccc(Cl)cc2C(=O)[C@]1(F)c1ccccc1. The summed E-state index contributed by atoms with van der Waals surface area (Å²) < 4.78 is 15.1. The summed E-state index contributed by atoms with van der Waals surface area (Å²) in [6.07, 6.45) is 0. The number of ketones is 1. The first-order valence-electron chi connectivity index (χ1n) is 5.93. The second kappa shape index (κ2) is 4.42. The molecule has 5 heteroatoms. The van der Waals surface area contributed by atoms with E-state index in [1.165, 1.54) is 30.3 Å². The quantitative estimate of drug-likeness (QED) is 0.819.